The minimum Gasteiger partial charge on any atom is -0.353 e. The molecular weight excluding hydrogens is 306 g/mol. The van der Waals surface area contributed by atoms with E-state index in [0.29, 0.717) is 6.42 Å². The highest BCUT2D eigenvalue weighted by atomic mass is 32.3. The number of amides is 1. The molecule has 0 aliphatic carbocycles. The van der Waals surface area contributed by atoms with Crippen LogP contribution in [-0.4, -0.2) is 31.5 Å². The lowest BCUT2D eigenvalue weighted by Gasteiger charge is -2.11. The topological polar surface area (TPSA) is 92.7 Å². The third-order valence-electron chi connectivity index (χ3n) is 3.38. The molecule has 1 unspecified atom stereocenters. The van der Waals surface area contributed by atoms with Crippen LogP contribution >= 0.6 is 0 Å². The Kier molecular flexibility index (Phi) is 12.5. The smallest absolute Gasteiger partial charge is 0.353 e. The number of hydrogen-bond acceptors (Lipinski definition) is 4. The number of carbonyl (C=O) groups excluding carboxylic acids is 1. The molecule has 0 fully saturated rings. The fourth-order valence-corrected chi connectivity index (χ4v) is 2.67. The van der Waals surface area contributed by atoms with Crippen molar-refractivity contribution >= 4 is 16.3 Å². The molecule has 0 aliphatic heterocycles. The molecule has 132 valence electrons. The molecule has 7 heteroatoms. The predicted octanol–water partition coefficient (Wildman–Crippen LogP) is 3.23. The maximum absolute atomic E-state index is 11.5. The summed E-state index contributed by atoms with van der Waals surface area (Å²) >= 11 is 0. The van der Waals surface area contributed by atoms with Crippen molar-refractivity contribution in [1.82, 2.24) is 5.32 Å². The fourth-order valence-electron chi connectivity index (χ4n) is 2.18. The van der Waals surface area contributed by atoms with Gasteiger partial charge in [0.05, 0.1) is 6.10 Å². The molecular formula is C15H31NO5S. The van der Waals surface area contributed by atoms with Crippen LogP contribution in [0.2, 0.25) is 0 Å². The molecule has 0 saturated carbocycles. The maximum Gasteiger partial charge on any atom is 0.397 e. The molecule has 6 nitrogen and oxygen atoms in total. The first kappa shape index (κ1) is 21.3. The van der Waals surface area contributed by atoms with Gasteiger partial charge in [0.25, 0.3) is 0 Å². The SMILES string of the molecule is CCCCCCCCCCCC(=O)NCC(C)OS(=O)(=O)O. The molecule has 0 aromatic carbocycles. The van der Waals surface area contributed by atoms with Crippen LogP contribution in [-0.2, 0) is 19.4 Å². The van der Waals surface area contributed by atoms with Gasteiger partial charge in [-0.05, 0) is 13.3 Å². The molecule has 0 radical (unpaired) electrons. The van der Waals surface area contributed by atoms with Crippen LogP contribution in [0.5, 0.6) is 0 Å². The molecule has 0 saturated heterocycles. The van der Waals surface area contributed by atoms with Crippen molar-refractivity contribution in [3.63, 3.8) is 0 Å². The van der Waals surface area contributed by atoms with Gasteiger partial charge in [0.2, 0.25) is 5.91 Å². The lowest BCUT2D eigenvalue weighted by molar-refractivity contribution is -0.121. The zero-order valence-electron chi connectivity index (χ0n) is 13.8. The first-order valence-electron chi connectivity index (χ1n) is 8.27. The highest BCUT2D eigenvalue weighted by molar-refractivity contribution is 7.80. The molecule has 2 N–H and O–H groups in total. The summed E-state index contributed by atoms with van der Waals surface area (Å²) in [5.41, 5.74) is 0. The minimum absolute atomic E-state index is 0.0655. The molecule has 0 heterocycles. The van der Waals surface area contributed by atoms with Gasteiger partial charge < -0.3 is 5.32 Å². The summed E-state index contributed by atoms with van der Waals surface area (Å²) in [5.74, 6) is -0.117. The Labute approximate surface area is 135 Å². The lowest BCUT2D eigenvalue weighted by atomic mass is 10.1. The first-order valence-corrected chi connectivity index (χ1v) is 9.64. The summed E-state index contributed by atoms with van der Waals surface area (Å²) in [6.45, 7) is 3.74. The van der Waals surface area contributed by atoms with E-state index in [0.717, 1.165) is 19.3 Å². The largest absolute Gasteiger partial charge is 0.397 e. The zero-order chi connectivity index (χ0) is 16.8. The Balaban J connectivity index is 3.43. The Morgan fingerprint density at radius 2 is 1.55 bits per heavy atom. The van der Waals surface area contributed by atoms with Gasteiger partial charge in [-0.15, -0.1) is 0 Å². The average Bonchev–Trinajstić information content (AvgIpc) is 2.41. The van der Waals surface area contributed by atoms with Crippen LogP contribution < -0.4 is 5.32 Å². The summed E-state index contributed by atoms with van der Waals surface area (Å²) in [4.78, 5) is 11.5. The van der Waals surface area contributed by atoms with Crippen LogP contribution in [0, 0.1) is 0 Å². The van der Waals surface area contributed by atoms with E-state index in [9.17, 15) is 13.2 Å². The van der Waals surface area contributed by atoms with E-state index >= 15 is 0 Å². The Hall–Kier alpha value is -0.660. The van der Waals surface area contributed by atoms with Crippen molar-refractivity contribution in [3.8, 4) is 0 Å². The van der Waals surface area contributed by atoms with E-state index < -0.39 is 16.5 Å². The van der Waals surface area contributed by atoms with Gasteiger partial charge in [0, 0.05) is 13.0 Å². The van der Waals surface area contributed by atoms with Crippen molar-refractivity contribution in [3.05, 3.63) is 0 Å². The number of rotatable bonds is 14. The summed E-state index contributed by atoms with van der Waals surface area (Å²) in [7, 11) is -4.46. The van der Waals surface area contributed by atoms with Crippen molar-refractivity contribution in [2.75, 3.05) is 6.54 Å². The van der Waals surface area contributed by atoms with E-state index in [1.54, 1.807) is 0 Å². The van der Waals surface area contributed by atoms with Gasteiger partial charge in [-0.2, -0.15) is 8.42 Å². The molecule has 1 amide bonds. The van der Waals surface area contributed by atoms with E-state index in [1.165, 1.54) is 45.4 Å². The highest BCUT2D eigenvalue weighted by Gasteiger charge is 2.13. The second-order valence-corrected chi connectivity index (χ2v) is 6.76. The van der Waals surface area contributed by atoms with Gasteiger partial charge >= 0.3 is 10.4 Å². The minimum atomic E-state index is -4.46. The van der Waals surface area contributed by atoms with Crippen LogP contribution in [0.1, 0.15) is 78.1 Å². The first-order chi connectivity index (χ1) is 10.3. The standard InChI is InChI=1S/C15H31NO5S/c1-3-4-5-6-7-8-9-10-11-12-15(17)16-13-14(2)21-22(18,19)20/h14H,3-13H2,1-2H3,(H,16,17)(H,18,19,20). The summed E-state index contributed by atoms with van der Waals surface area (Å²) in [6, 6.07) is 0. The Morgan fingerprint density at radius 1 is 1.05 bits per heavy atom. The third-order valence-corrected chi connectivity index (χ3v) is 3.95. The number of nitrogens with one attached hydrogen (secondary N) is 1. The van der Waals surface area contributed by atoms with Crippen LogP contribution in [0.3, 0.4) is 0 Å². The molecule has 0 spiro atoms. The molecule has 0 rings (SSSR count). The van der Waals surface area contributed by atoms with E-state index in [4.69, 9.17) is 4.55 Å². The van der Waals surface area contributed by atoms with Crippen molar-refractivity contribution < 1.29 is 21.9 Å². The summed E-state index contributed by atoms with van der Waals surface area (Å²) < 4.78 is 33.7. The predicted molar refractivity (Wildman–Crippen MR) is 86.9 cm³/mol. The van der Waals surface area contributed by atoms with Gasteiger partial charge in [0.1, 0.15) is 0 Å². The maximum atomic E-state index is 11.5. The van der Waals surface area contributed by atoms with Gasteiger partial charge in [0.15, 0.2) is 0 Å². The van der Waals surface area contributed by atoms with Gasteiger partial charge in [-0.3, -0.25) is 9.35 Å². The number of unbranched alkanes of at least 4 members (excludes halogenated alkanes) is 8. The molecule has 22 heavy (non-hydrogen) atoms. The Morgan fingerprint density at radius 3 is 2.05 bits per heavy atom. The Bertz CT molecular complexity index is 383. The fraction of sp³-hybridized carbons (Fsp3) is 0.933. The average molecular weight is 337 g/mol. The van der Waals surface area contributed by atoms with E-state index in [-0.39, 0.29) is 12.5 Å². The van der Waals surface area contributed by atoms with Crippen LogP contribution in [0.4, 0.5) is 0 Å². The monoisotopic (exact) mass is 337 g/mol. The summed E-state index contributed by atoms with van der Waals surface area (Å²) in [6.07, 6.45) is 10.4. The molecule has 1 atom stereocenters. The second kappa shape index (κ2) is 12.8. The zero-order valence-corrected chi connectivity index (χ0v) is 14.7. The van der Waals surface area contributed by atoms with Crippen molar-refractivity contribution in [1.29, 1.82) is 0 Å². The third kappa shape index (κ3) is 15.7. The number of hydrogen-bond donors (Lipinski definition) is 2. The molecule has 0 aliphatic rings. The van der Waals surface area contributed by atoms with Gasteiger partial charge in [-0.25, -0.2) is 4.18 Å². The van der Waals surface area contributed by atoms with Crippen molar-refractivity contribution in [2.24, 2.45) is 0 Å². The molecule has 0 aromatic rings. The second-order valence-electron chi connectivity index (χ2n) is 5.72. The molecule has 0 aromatic heterocycles. The molecule has 0 bridgehead atoms. The van der Waals surface area contributed by atoms with Crippen molar-refractivity contribution in [2.45, 2.75) is 84.2 Å². The van der Waals surface area contributed by atoms with Gasteiger partial charge in [-0.1, -0.05) is 58.3 Å². The normalized spacial score (nSPS) is 13.0. The highest BCUT2D eigenvalue weighted by Crippen LogP contribution is 2.10. The van der Waals surface area contributed by atoms with E-state index in [2.05, 4.69) is 16.4 Å². The quantitative estimate of drug-likeness (QED) is 0.375. The van der Waals surface area contributed by atoms with E-state index in [1.807, 2.05) is 0 Å². The summed E-state index contributed by atoms with van der Waals surface area (Å²) in [5, 5.41) is 2.59. The van der Waals surface area contributed by atoms with Crippen LogP contribution in [0.15, 0.2) is 0 Å². The number of carbonyl (C=O) groups is 1. The van der Waals surface area contributed by atoms with Crippen LogP contribution in [0.25, 0.3) is 0 Å². The lowest BCUT2D eigenvalue weighted by Crippen LogP contribution is -2.33.